The zero-order valence-electron chi connectivity index (χ0n) is 8.61. The van der Waals surface area contributed by atoms with Crippen LogP contribution in [-0.4, -0.2) is 54.3 Å². The first-order valence-electron chi connectivity index (χ1n) is 4.82. The van der Waals surface area contributed by atoms with Crippen LogP contribution in [0.3, 0.4) is 0 Å². The van der Waals surface area contributed by atoms with Crippen molar-refractivity contribution >= 4 is 11.8 Å². The van der Waals surface area contributed by atoms with Crippen LogP contribution < -0.4 is 11.3 Å². The van der Waals surface area contributed by atoms with Crippen LogP contribution in [0.2, 0.25) is 0 Å². The Hall–Kier alpha value is -1.40. The number of hydrazine groups is 1. The monoisotopic (exact) mass is 212 g/mol. The average Bonchev–Trinajstić information content (AvgIpc) is 2.28. The first-order chi connectivity index (χ1) is 7.19. The Balaban J connectivity index is 2.40. The van der Waals surface area contributed by atoms with E-state index in [9.17, 15) is 9.59 Å². The van der Waals surface area contributed by atoms with E-state index in [1.165, 1.54) is 4.90 Å². The largest absolute Gasteiger partial charge is 0.332 e. The number of carbonyl (C=O) groups excluding carboxylic acids is 2. The molecule has 0 radical (unpaired) electrons. The van der Waals surface area contributed by atoms with Crippen molar-refractivity contribution in [1.29, 1.82) is 0 Å². The molecule has 0 aromatic rings. The maximum Gasteiger partial charge on any atom is 0.323 e. The van der Waals surface area contributed by atoms with Gasteiger partial charge in [0.15, 0.2) is 0 Å². The summed E-state index contributed by atoms with van der Waals surface area (Å²) in [7, 11) is 0. The van der Waals surface area contributed by atoms with E-state index < -0.39 is 11.8 Å². The zero-order chi connectivity index (χ0) is 11.3. The molecule has 1 saturated heterocycles. The SMILES string of the molecule is C=CCN1CCN(C(=O)C(=O)NN)CC1. The number of amides is 2. The second-order valence-electron chi connectivity index (χ2n) is 3.35. The van der Waals surface area contributed by atoms with Gasteiger partial charge in [0.25, 0.3) is 0 Å². The molecule has 1 heterocycles. The van der Waals surface area contributed by atoms with Gasteiger partial charge in [0.2, 0.25) is 0 Å². The number of nitrogens with one attached hydrogen (secondary N) is 1. The number of piperazine rings is 1. The summed E-state index contributed by atoms with van der Waals surface area (Å²) in [4.78, 5) is 26.0. The quantitative estimate of drug-likeness (QED) is 0.188. The van der Waals surface area contributed by atoms with Gasteiger partial charge in [-0.05, 0) is 0 Å². The maximum atomic E-state index is 11.4. The molecule has 0 bridgehead atoms. The average molecular weight is 212 g/mol. The summed E-state index contributed by atoms with van der Waals surface area (Å²) in [5, 5.41) is 0. The Kier molecular flexibility index (Phi) is 4.26. The van der Waals surface area contributed by atoms with Gasteiger partial charge in [0.1, 0.15) is 0 Å². The summed E-state index contributed by atoms with van der Waals surface area (Å²) in [6.45, 7) is 7.09. The van der Waals surface area contributed by atoms with Crippen molar-refractivity contribution in [2.45, 2.75) is 0 Å². The summed E-state index contributed by atoms with van der Waals surface area (Å²) < 4.78 is 0. The molecule has 15 heavy (non-hydrogen) atoms. The van der Waals surface area contributed by atoms with Crippen molar-refractivity contribution in [1.82, 2.24) is 15.2 Å². The molecule has 0 aromatic heterocycles. The molecule has 0 unspecified atom stereocenters. The van der Waals surface area contributed by atoms with Crippen LogP contribution in [0, 0.1) is 0 Å². The van der Waals surface area contributed by atoms with Crippen LogP contribution in [-0.2, 0) is 9.59 Å². The molecule has 1 fully saturated rings. The predicted octanol–water partition coefficient (Wildman–Crippen LogP) is -1.69. The van der Waals surface area contributed by atoms with Gasteiger partial charge >= 0.3 is 11.8 Å². The van der Waals surface area contributed by atoms with E-state index >= 15 is 0 Å². The molecule has 3 N–H and O–H groups in total. The Morgan fingerprint density at radius 1 is 1.33 bits per heavy atom. The highest BCUT2D eigenvalue weighted by Gasteiger charge is 2.24. The van der Waals surface area contributed by atoms with Gasteiger partial charge in [-0.2, -0.15) is 0 Å². The molecule has 0 aromatic carbocycles. The molecule has 1 aliphatic rings. The molecule has 6 heteroatoms. The minimum absolute atomic E-state index is 0.556. The van der Waals surface area contributed by atoms with Crippen molar-refractivity contribution in [3.63, 3.8) is 0 Å². The van der Waals surface area contributed by atoms with Crippen LogP contribution in [0.4, 0.5) is 0 Å². The van der Waals surface area contributed by atoms with Crippen molar-refractivity contribution in [3.05, 3.63) is 12.7 Å². The van der Waals surface area contributed by atoms with Crippen LogP contribution in [0.1, 0.15) is 0 Å². The lowest BCUT2D eigenvalue weighted by molar-refractivity contribution is -0.146. The molecular formula is C9H16N4O2. The maximum absolute atomic E-state index is 11.4. The van der Waals surface area contributed by atoms with Gasteiger partial charge in [-0.3, -0.25) is 19.9 Å². The Bertz CT molecular complexity index is 259. The molecule has 84 valence electrons. The lowest BCUT2D eigenvalue weighted by atomic mass is 10.3. The molecular weight excluding hydrogens is 196 g/mol. The predicted molar refractivity (Wildman–Crippen MR) is 55.5 cm³/mol. The number of hydrogen-bond donors (Lipinski definition) is 2. The molecule has 0 saturated carbocycles. The van der Waals surface area contributed by atoms with E-state index in [1.54, 1.807) is 0 Å². The van der Waals surface area contributed by atoms with Gasteiger partial charge in [0.05, 0.1) is 0 Å². The van der Waals surface area contributed by atoms with Crippen molar-refractivity contribution < 1.29 is 9.59 Å². The smallest absolute Gasteiger partial charge is 0.323 e. The summed E-state index contributed by atoms with van der Waals surface area (Å²) >= 11 is 0. The van der Waals surface area contributed by atoms with Crippen LogP contribution in [0.5, 0.6) is 0 Å². The number of nitrogens with two attached hydrogens (primary N) is 1. The summed E-state index contributed by atoms with van der Waals surface area (Å²) in [6, 6.07) is 0. The number of hydrogen-bond acceptors (Lipinski definition) is 4. The summed E-state index contributed by atoms with van der Waals surface area (Å²) in [5.41, 5.74) is 1.84. The summed E-state index contributed by atoms with van der Waals surface area (Å²) in [5.74, 6) is 3.57. The number of rotatable bonds is 2. The Labute approximate surface area is 88.7 Å². The standard InChI is InChI=1S/C9H16N4O2/c1-2-3-12-4-6-13(7-5-12)9(15)8(14)11-10/h2H,1,3-7,10H2,(H,11,14). The highest BCUT2D eigenvalue weighted by atomic mass is 16.2. The third-order valence-corrected chi connectivity index (χ3v) is 2.37. The van der Waals surface area contributed by atoms with Gasteiger partial charge in [0, 0.05) is 32.7 Å². The van der Waals surface area contributed by atoms with Crippen LogP contribution >= 0.6 is 0 Å². The van der Waals surface area contributed by atoms with Crippen LogP contribution in [0.25, 0.3) is 0 Å². The minimum Gasteiger partial charge on any atom is -0.332 e. The first kappa shape index (κ1) is 11.7. The second kappa shape index (κ2) is 5.47. The van der Waals surface area contributed by atoms with E-state index in [2.05, 4.69) is 11.5 Å². The molecule has 0 spiro atoms. The number of nitrogens with zero attached hydrogens (tertiary/aromatic N) is 2. The fraction of sp³-hybridized carbons (Fsp3) is 0.556. The van der Waals surface area contributed by atoms with Crippen molar-refractivity contribution in [3.8, 4) is 0 Å². The fourth-order valence-electron chi connectivity index (χ4n) is 1.52. The van der Waals surface area contributed by atoms with E-state index in [-0.39, 0.29) is 0 Å². The Morgan fingerprint density at radius 2 is 1.93 bits per heavy atom. The first-order valence-corrected chi connectivity index (χ1v) is 4.82. The van der Waals surface area contributed by atoms with E-state index in [0.717, 1.165) is 19.6 Å². The minimum atomic E-state index is -0.757. The third-order valence-electron chi connectivity index (χ3n) is 2.37. The highest BCUT2D eigenvalue weighted by Crippen LogP contribution is 2.01. The summed E-state index contributed by atoms with van der Waals surface area (Å²) in [6.07, 6.45) is 1.82. The molecule has 1 aliphatic heterocycles. The van der Waals surface area contributed by atoms with E-state index in [0.29, 0.717) is 13.1 Å². The molecule has 6 nitrogen and oxygen atoms in total. The van der Waals surface area contributed by atoms with Gasteiger partial charge < -0.3 is 4.90 Å². The topological polar surface area (TPSA) is 78.7 Å². The lowest BCUT2D eigenvalue weighted by Gasteiger charge is -2.33. The second-order valence-corrected chi connectivity index (χ2v) is 3.35. The highest BCUT2D eigenvalue weighted by molar-refractivity contribution is 6.34. The van der Waals surface area contributed by atoms with Crippen LogP contribution in [0.15, 0.2) is 12.7 Å². The number of carbonyl (C=O) groups is 2. The van der Waals surface area contributed by atoms with E-state index in [4.69, 9.17) is 5.84 Å². The van der Waals surface area contributed by atoms with E-state index in [1.807, 2.05) is 11.5 Å². The Morgan fingerprint density at radius 3 is 2.40 bits per heavy atom. The molecule has 0 atom stereocenters. The van der Waals surface area contributed by atoms with Gasteiger partial charge in [-0.25, -0.2) is 5.84 Å². The molecule has 2 amide bonds. The van der Waals surface area contributed by atoms with Crippen molar-refractivity contribution in [2.75, 3.05) is 32.7 Å². The third kappa shape index (κ3) is 3.03. The molecule has 1 rings (SSSR count). The fourth-order valence-corrected chi connectivity index (χ4v) is 1.52. The lowest BCUT2D eigenvalue weighted by Crippen LogP contribution is -2.53. The normalized spacial score (nSPS) is 17.3. The molecule has 0 aliphatic carbocycles. The van der Waals surface area contributed by atoms with Gasteiger partial charge in [-0.1, -0.05) is 6.08 Å². The zero-order valence-corrected chi connectivity index (χ0v) is 8.61. The van der Waals surface area contributed by atoms with Gasteiger partial charge in [-0.15, -0.1) is 6.58 Å². The van der Waals surface area contributed by atoms with Crippen molar-refractivity contribution in [2.24, 2.45) is 5.84 Å².